The van der Waals surface area contributed by atoms with E-state index < -0.39 is 0 Å². The molecule has 1 aromatic carbocycles. The van der Waals surface area contributed by atoms with Crippen molar-refractivity contribution in [2.75, 3.05) is 7.05 Å². The summed E-state index contributed by atoms with van der Waals surface area (Å²) in [6.45, 7) is 4.01. The van der Waals surface area contributed by atoms with Crippen LogP contribution in [-0.2, 0) is 0 Å². The summed E-state index contributed by atoms with van der Waals surface area (Å²) in [5.74, 6) is 0.524. The second-order valence-electron chi connectivity index (χ2n) is 4.30. The molecule has 0 saturated carbocycles. The van der Waals surface area contributed by atoms with Gasteiger partial charge in [0.2, 0.25) is 11.7 Å². The highest BCUT2D eigenvalue weighted by Crippen LogP contribution is 2.23. The van der Waals surface area contributed by atoms with Crippen LogP contribution in [-0.4, -0.2) is 23.2 Å². The monoisotopic (exact) mass is 249 g/mol. The molecule has 0 fully saturated rings. The van der Waals surface area contributed by atoms with Crippen molar-refractivity contribution >= 4 is 0 Å². The summed E-state index contributed by atoms with van der Waals surface area (Å²) in [5, 5.41) is 6.95. The highest BCUT2D eigenvalue weighted by molar-refractivity contribution is 5.54. The molecule has 2 aromatic rings. The van der Waals surface area contributed by atoms with E-state index in [1.165, 1.54) is 6.07 Å². The van der Waals surface area contributed by atoms with Crippen molar-refractivity contribution in [2.24, 2.45) is 0 Å². The Morgan fingerprint density at radius 1 is 1.28 bits per heavy atom. The van der Waals surface area contributed by atoms with Crippen LogP contribution >= 0.6 is 0 Å². The molecule has 1 heterocycles. The molecular weight excluding hydrogens is 233 g/mol. The minimum absolute atomic E-state index is 0.0722. The maximum Gasteiger partial charge on any atom is 0.231 e. The van der Waals surface area contributed by atoms with Crippen molar-refractivity contribution in [3.05, 3.63) is 36.0 Å². The van der Waals surface area contributed by atoms with Crippen molar-refractivity contribution in [2.45, 2.75) is 25.8 Å². The van der Waals surface area contributed by atoms with Gasteiger partial charge in [-0.3, -0.25) is 0 Å². The first kappa shape index (κ1) is 12.7. The number of nitrogens with zero attached hydrogens (tertiary/aromatic N) is 2. The highest BCUT2D eigenvalue weighted by atomic mass is 19.1. The summed E-state index contributed by atoms with van der Waals surface area (Å²) < 4.78 is 18.8. The van der Waals surface area contributed by atoms with Gasteiger partial charge in [-0.25, -0.2) is 4.39 Å². The van der Waals surface area contributed by atoms with E-state index in [1.807, 2.05) is 20.9 Å². The molecule has 1 aromatic heterocycles. The number of nitrogens with one attached hydrogen (secondary N) is 1. The Hall–Kier alpha value is -1.75. The molecule has 4 nitrogen and oxygen atoms in total. The SMILES string of the molecule is CNC(C)C(C)c1nc(-c2ccccc2F)no1. The molecule has 18 heavy (non-hydrogen) atoms. The number of rotatable bonds is 4. The van der Waals surface area contributed by atoms with E-state index in [9.17, 15) is 4.39 Å². The Morgan fingerprint density at radius 3 is 2.67 bits per heavy atom. The van der Waals surface area contributed by atoms with E-state index in [0.29, 0.717) is 17.3 Å². The van der Waals surface area contributed by atoms with E-state index in [2.05, 4.69) is 15.5 Å². The van der Waals surface area contributed by atoms with Gasteiger partial charge in [0.25, 0.3) is 0 Å². The van der Waals surface area contributed by atoms with E-state index in [-0.39, 0.29) is 17.8 Å². The quantitative estimate of drug-likeness (QED) is 0.904. The van der Waals surface area contributed by atoms with Crippen molar-refractivity contribution in [1.82, 2.24) is 15.5 Å². The number of likely N-dealkylation sites (N-methyl/N-ethyl adjacent to an activating group) is 1. The Balaban J connectivity index is 2.29. The first-order valence-electron chi connectivity index (χ1n) is 5.89. The van der Waals surface area contributed by atoms with E-state index >= 15 is 0 Å². The van der Waals surface area contributed by atoms with Crippen LogP contribution in [0.5, 0.6) is 0 Å². The third-order valence-electron chi connectivity index (χ3n) is 3.15. The van der Waals surface area contributed by atoms with Gasteiger partial charge in [-0.05, 0) is 26.1 Å². The van der Waals surface area contributed by atoms with E-state index in [0.717, 1.165) is 0 Å². The van der Waals surface area contributed by atoms with Crippen LogP contribution in [0.25, 0.3) is 11.4 Å². The molecule has 2 atom stereocenters. The standard InChI is InChI=1S/C13H16FN3O/c1-8(9(2)15-3)13-16-12(17-18-13)10-6-4-5-7-11(10)14/h4-9,15H,1-3H3. The molecule has 96 valence electrons. The van der Waals surface area contributed by atoms with Crippen LogP contribution in [0.4, 0.5) is 4.39 Å². The minimum atomic E-state index is -0.348. The second-order valence-corrected chi connectivity index (χ2v) is 4.30. The molecular formula is C13H16FN3O. The maximum absolute atomic E-state index is 13.6. The number of halogens is 1. The molecule has 0 radical (unpaired) electrons. The maximum atomic E-state index is 13.6. The molecule has 0 spiro atoms. The van der Waals surface area contributed by atoms with Crippen molar-refractivity contribution in [3.63, 3.8) is 0 Å². The third kappa shape index (κ3) is 2.41. The molecule has 0 aliphatic carbocycles. The first-order chi connectivity index (χ1) is 8.63. The number of hydrogen-bond donors (Lipinski definition) is 1. The fourth-order valence-corrected chi connectivity index (χ4v) is 1.64. The van der Waals surface area contributed by atoms with Gasteiger partial charge in [0, 0.05) is 6.04 Å². The lowest BCUT2D eigenvalue weighted by Gasteiger charge is -2.14. The molecule has 0 aliphatic rings. The normalized spacial score (nSPS) is 14.4. The summed E-state index contributed by atoms with van der Waals surface area (Å²) in [4.78, 5) is 4.25. The van der Waals surface area contributed by atoms with Gasteiger partial charge in [0.05, 0.1) is 11.5 Å². The van der Waals surface area contributed by atoms with Gasteiger partial charge < -0.3 is 9.84 Å². The van der Waals surface area contributed by atoms with Crippen molar-refractivity contribution in [3.8, 4) is 11.4 Å². The van der Waals surface area contributed by atoms with Gasteiger partial charge in [0.15, 0.2) is 0 Å². The van der Waals surface area contributed by atoms with Gasteiger partial charge in [0.1, 0.15) is 5.82 Å². The van der Waals surface area contributed by atoms with Crippen LogP contribution in [0.1, 0.15) is 25.7 Å². The van der Waals surface area contributed by atoms with Crippen LogP contribution < -0.4 is 5.32 Å². The van der Waals surface area contributed by atoms with Crippen LogP contribution in [0, 0.1) is 5.82 Å². The average Bonchev–Trinajstić information content (AvgIpc) is 2.87. The topological polar surface area (TPSA) is 51.0 Å². The molecule has 0 aliphatic heterocycles. The van der Waals surface area contributed by atoms with Gasteiger partial charge >= 0.3 is 0 Å². The zero-order valence-electron chi connectivity index (χ0n) is 10.6. The zero-order chi connectivity index (χ0) is 13.1. The van der Waals surface area contributed by atoms with Crippen LogP contribution in [0.15, 0.2) is 28.8 Å². The predicted molar refractivity (Wildman–Crippen MR) is 66.6 cm³/mol. The van der Waals surface area contributed by atoms with Crippen molar-refractivity contribution < 1.29 is 8.91 Å². The fourth-order valence-electron chi connectivity index (χ4n) is 1.64. The highest BCUT2D eigenvalue weighted by Gasteiger charge is 2.20. The first-order valence-corrected chi connectivity index (χ1v) is 5.89. The molecule has 5 heteroatoms. The predicted octanol–water partition coefficient (Wildman–Crippen LogP) is 2.59. The molecule has 1 N–H and O–H groups in total. The smallest absolute Gasteiger partial charge is 0.231 e. The Bertz CT molecular complexity index is 526. The molecule has 0 amide bonds. The second kappa shape index (κ2) is 5.27. The van der Waals surface area contributed by atoms with Crippen molar-refractivity contribution in [1.29, 1.82) is 0 Å². The summed E-state index contributed by atoms with van der Waals surface area (Å²) in [6.07, 6.45) is 0. The lowest BCUT2D eigenvalue weighted by molar-refractivity contribution is 0.336. The van der Waals surface area contributed by atoms with Gasteiger partial charge in [-0.1, -0.05) is 24.2 Å². The Kier molecular flexibility index (Phi) is 3.72. The number of benzene rings is 1. The molecule has 0 saturated heterocycles. The zero-order valence-corrected chi connectivity index (χ0v) is 10.6. The fraction of sp³-hybridized carbons (Fsp3) is 0.385. The van der Waals surface area contributed by atoms with Gasteiger partial charge in [-0.15, -0.1) is 0 Å². The third-order valence-corrected chi connectivity index (χ3v) is 3.15. The van der Waals surface area contributed by atoms with Crippen LogP contribution in [0.2, 0.25) is 0 Å². The van der Waals surface area contributed by atoms with E-state index in [4.69, 9.17) is 4.52 Å². The Morgan fingerprint density at radius 2 is 2.00 bits per heavy atom. The molecule has 2 unspecified atom stereocenters. The summed E-state index contributed by atoms with van der Waals surface area (Å²) in [6, 6.07) is 6.60. The number of aromatic nitrogens is 2. The van der Waals surface area contributed by atoms with Gasteiger partial charge in [-0.2, -0.15) is 4.98 Å². The van der Waals surface area contributed by atoms with E-state index in [1.54, 1.807) is 18.2 Å². The largest absolute Gasteiger partial charge is 0.339 e. The summed E-state index contributed by atoms with van der Waals surface area (Å²) in [5.41, 5.74) is 0.358. The average molecular weight is 249 g/mol. The molecule has 2 rings (SSSR count). The number of hydrogen-bond acceptors (Lipinski definition) is 4. The lowest BCUT2D eigenvalue weighted by atomic mass is 10.0. The summed E-state index contributed by atoms with van der Waals surface area (Å²) in [7, 11) is 1.87. The Labute approximate surface area is 105 Å². The summed E-state index contributed by atoms with van der Waals surface area (Å²) >= 11 is 0. The minimum Gasteiger partial charge on any atom is -0.339 e. The lowest BCUT2D eigenvalue weighted by Crippen LogP contribution is -2.27. The van der Waals surface area contributed by atoms with Crippen LogP contribution in [0.3, 0.4) is 0 Å². The molecule has 0 bridgehead atoms.